The van der Waals surface area contributed by atoms with Crippen LogP contribution in [0.5, 0.6) is 0 Å². The highest BCUT2D eigenvalue weighted by molar-refractivity contribution is 9.09. The molecule has 2 aromatic rings. The van der Waals surface area contributed by atoms with Crippen LogP contribution in [-0.4, -0.2) is 27.9 Å². The highest BCUT2D eigenvalue weighted by Gasteiger charge is 2.26. The number of hydrogen-bond acceptors (Lipinski definition) is 4. The molecule has 0 amide bonds. The summed E-state index contributed by atoms with van der Waals surface area (Å²) in [5, 5.41) is 1.22. The molecule has 0 saturated carbocycles. The number of aromatic nitrogens is 2. The summed E-state index contributed by atoms with van der Waals surface area (Å²) in [6, 6.07) is 2.26. The van der Waals surface area contributed by atoms with Crippen molar-refractivity contribution in [3.63, 3.8) is 0 Å². The summed E-state index contributed by atoms with van der Waals surface area (Å²) in [4.78, 5) is 14.4. The lowest BCUT2D eigenvalue weighted by molar-refractivity contribution is 0.455. The zero-order chi connectivity index (χ0) is 13.4. The first-order chi connectivity index (χ1) is 9.19. The molecule has 1 aliphatic heterocycles. The maximum atomic E-state index is 4.54. The average molecular weight is 340 g/mol. The molecule has 3 rings (SSSR count). The van der Waals surface area contributed by atoms with Gasteiger partial charge in [-0.05, 0) is 24.8 Å². The van der Waals surface area contributed by atoms with Crippen molar-refractivity contribution >= 4 is 43.3 Å². The Hall–Kier alpha value is -0.680. The zero-order valence-electron chi connectivity index (χ0n) is 11.3. The largest absolute Gasteiger partial charge is 0.355 e. The molecule has 2 atom stereocenters. The molecule has 0 bridgehead atoms. The molecule has 0 aliphatic carbocycles. The van der Waals surface area contributed by atoms with E-state index in [1.54, 1.807) is 17.7 Å². The van der Waals surface area contributed by atoms with Gasteiger partial charge in [0.05, 0.1) is 5.39 Å². The van der Waals surface area contributed by atoms with Gasteiger partial charge in [0.25, 0.3) is 0 Å². The van der Waals surface area contributed by atoms with Gasteiger partial charge < -0.3 is 4.90 Å². The fourth-order valence-corrected chi connectivity index (χ4v) is 4.08. The summed E-state index contributed by atoms with van der Waals surface area (Å²) in [6.07, 6.45) is 3.99. The number of hydrogen-bond donors (Lipinski definition) is 0. The van der Waals surface area contributed by atoms with E-state index in [0.717, 1.165) is 36.1 Å². The van der Waals surface area contributed by atoms with Gasteiger partial charge >= 0.3 is 0 Å². The molecule has 1 aliphatic rings. The van der Waals surface area contributed by atoms with E-state index in [2.05, 4.69) is 50.7 Å². The molecule has 1 fully saturated rings. The van der Waals surface area contributed by atoms with Crippen LogP contribution in [0, 0.1) is 5.92 Å². The normalized spacial score (nSPS) is 24.1. The molecule has 0 aromatic carbocycles. The Labute approximate surface area is 126 Å². The number of nitrogens with zero attached hydrogens (tertiary/aromatic N) is 3. The van der Waals surface area contributed by atoms with E-state index in [9.17, 15) is 0 Å². The number of rotatable bonds is 2. The first-order valence-electron chi connectivity index (χ1n) is 6.81. The van der Waals surface area contributed by atoms with Crippen molar-refractivity contribution in [3.05, 3.63) is 17.3 Å². The Balaban J connectivity index is 1.98. The molecule has 0 spiro atoms. The Kier molecular flexibility index (Phi) is 3.76. The second kappa shape index (κ2) is 5.37. The number of thiophene rings is 1. The predicted octanol–water partition coefficient (Wildman–Crippen LogP) is 3.86. The van der Waals surface area contributed by atoms with Crippen LogP contribution in [0.3, 0.4) is 0 Å². The number of aryl methyl sites for hydroxylation is 1. The van der Waals surface area contributed by atoms with Crippen molar-refractivity contribution in [1.29, 1.82) is 0 Å². The van der Waals surface area contributed by atoms with Gasteiger partial charge in [0.15, 0.2) is 0 Å². The maximum absolute atomic E-state index is 4.54. The number of fused-ring (bicyclic) bond motifs is 1. The predicted molar refractivity (Wildman–Crippen MR) is 85.5 cm³/mol. The van der Waals surface area contributed by atoms with Crippen LogP contribution in [0.4, 0.5) is 5.82 Å². The smallest absolute Gasteiger partial charge is 0.140 e. The lowest BCUT2D eigenvalue weighted by Crippen LogP contribution is -2.40. The van der Waals surface area contributed by atoms with E-state index in [-0.39, 0.29) is 0 Å². The molecule has 19 heavy (non-hydrogen) atoms. The molecule has 2 aromatic heterocycles. The van der Waals surface area contributed by atoms with E-state index < -0.39 is 0 Å². The van der Waals surface area contributed by atoms with E-state index >= 15 is 0 Å². The van der Waals surface area contributed by atoms with E-state index in [4.69, 9.17) is 0 Å². The minimum atomic E-state index is 0.551. The molecule has 0 N–H and O–H groups in total. The lowest BCUT2D eigenvalue weighted by atomic mass is 9.99. The highest BCUT2D eigenvalue weighted by Crippen LogP contribution is 2.33. The monoisotopic (exact) mass is 339 g/mol. The van der Waals surface area contributed by atoms with Gasteiger partial charge in [-0.25, -0.2) is 9.97 Å². The third-order valence-corrected chi connectivity index (χ3v) is 6.25. The van der Waals surface area contributed by atoms with Crippen LogP contribution >= 0.6 is 27.3 Å². The molecule has 3 nitrogen and oxygen atoms in total. The van der Waals surface area contributed by atoms with Crippen molar-refractivity contribution < 1.29 is 0 Å². The Bertz CT molecular complexity index is 583. The molecule has 1 saturated heterocycles. The second-order valence-electron chi connectivity index (χ2n) is 5.21. The fourth-order valence-electron chi connectivity index (χ4n) is 2.53. The standard InChI is InChI=1S/C14H18BrN3S/c1-3-10-6-11-13(16-8-17-14(11)19-10)18-5-4-9(2)12(15)7-18/h6,8-9,12H,3-5,7H2,1-2H3. The number of alkyl halides is 1. The van der Waals surface area contributed by atoms with Gasteiger partial charge in [0.2, 0.25) is 0 Å². The Morgan fingerprint density at radius 3 is 3.05 bits per heavy atom. The topological polar surface area (TPSA) is 29.0 Å². The minimum absolute atomic E-state index is 0.551. The van der Waals surface area contributed by atoms with Gasteiger partial charge in [-0.15, -0.1) is 11.3 Å². The van der Waals surface area contributed by atoms with Crippen molar-refractivity contribution in [3.8, 4) is 0 Å². The molecule has 0 radical (unpaired) electrons. The molecular weight excluding hydrogens is 322 g/mol. The Morgan fingerprint density at radius 1 is 1.47 bits per heavy atom. The number of piperidine rings is 1. The summed E-state index contributed by atoms with van der Waals surface area (Å²) < 4.78 is 0. The van der Waals surface area contributed by atoms with Gasteiger partial charge in [-0.2, -0.15) is 0 Å². The molecule has 3 heterocycles. The molecular formula is C14H18BrN3S. The average Bonchev–Trinajstić information content (AvgIpc) is 2.85. The van der Waals surface area contributed by atoms with Crippen LogP contribution in [0.25, 0.3) is 10.2 Å². The summed E-state index contributed by atoms with van der Waals surface area (Å²) in [6.45, 7) is 6.62. The number of anilines is 1. The van der Waals surface area contributed by atoms with Crippen LogP contribution in [0.1, 0.15) is 25.1 Å². The van der Waals surface area contributed by atoms with Crippen molar-refractivity contribution in [2.45, 2.75) is 31.5 Å². The molecule has 2 unspecified atom stereocenters. The summed E-state index contributed by atoms with van der Waals surface area (Å²) >= 11 is 5.58. The van der Waals surface area contributed by atoms with Crippen LogP contribution < -0.4 is 4.90 Å². The Morgan fingerprint density at radius 2 is 2.32 bits per heavy atom. The second-order valence-corrected chi connectivity index (χ2v) is 7.50. The minimum Gasteiger partial charge on any atom is -0.355 e. The van der Waals surface area contributed by atoms with Gasteiger partial charge in [0.1, 0.15) is 17.0 Å². The summed E-state index contributed by atoms with van der Waals surface area (Å²) in [5.41, 5.74) is 0. The van der Waals surface area contributed by atoms with Crippen molar-refractivity contribution in [1.82, 2.24) is 9.97 Å². The van der Waals surface area contributed by atoms with Gasteiger partial charge in [-0.3, -0.25) is 0 Å². The quantitative estimate of drug-likeness (QED) is 0.778. The highest BCUT2D eigenvalue weighted by atomic mass is 79.9. The van der Waals surface area contributed by atoms with E-state index in [1.165, 1.54) is 16.7 Å². The first-order valence-corrected chi connectivity index (χ1v) is 8.54. The number of halogens is 1. The lowest BCUT2D eigenvalue weighted by Gasteiger charge is -2.35. The third-order valence-electron chi connectivity index (χ3n) is 3.87. The SMILES string of the molecule is CCc1cc2c(N3CCC(C)C(Br)C3)ncnc2s1. The summed E-state index contributed by atoms with van der Waals surface area (Å²) in [7, 11) is 0. The first kappa shape index (κ1) is 13.3. The fraction of sp³-hybridized carbons (Fsp3) is 0.571. The van der Waals surface area contributed by atoms with Crippen LogP contribution in [0.2, 0.25) is 0 Å². The van der Waals surface area contributed by atoms with Crippen LogP contribution in [-0.2, 0) is 6.42 Å². The third kappa shape index (κ3) is 2.50. The van der Waals surface area contributed by atoms with Gasteiger partial charge in [0, 0.05) is 22.8 Å². The van der Waals surface area contributed by atoms with E-state index in [1.807, 2.05) is 0 Å². The van der Waals surface area contributed by atoms with Crippen LogP contribution in [0.15, 0.2) is 12.4 Å². The van der Waals surface area contributed by atoms with E-state index in [0.29, 0.717) is 4.83 Å². The van der Waals surface area contributed by atoms with Crippen molar-refractivity contribution in [2.75, 3.05) is 18.0 Å². The van der Waals surface area contributed by atoms with Crippen molar-refractivity contribution in [2.24, 2.45) is 5.92 Å². The molecule has 102 valence electrons. The summed E-state index contributed by atoms with van der Waals surface area (Å²) in [5.74, 6) is 1.85. The van der Waals surface area contributed by atoms with Gasteiger partial charge in [-0.1, -0.05) is 29.8 Å². The zero-order valence-corrected chi connectivity index (χ0v) is 13.7. The maximum Gasteiger partial charge on any atom is 0.140 e. The molecule has 5 heteroatoms.